The van der Waals surface area contributed by atoms with Crippen LogP contribution in [0, 0.1) is 6.92 Å². The molecule has 234 valence electrons. The summed E-state index contributed by atoms with van der Waals surface area (Å²) < 4.78 is 6.55. The Bertz CT molecular complexity index is 1260. The number of aryl methyl sites for hydroxylation is 1. The Hall–Kier alpha value is -2.55. The molecule has 43 heavy (non-hydrogen) atoms. The van der Waals surface area contributed by atoms with E-state index in [0.29, 0.717) is 42.6 Å². The average molecular weight is 631 g/mol. The summed E-state index contributed by atoms with van der Waals surface area (Å²) in [6.07, 6.45) is 9.34. The molecule has 0 aliphatic carbocycles. The fourth-order valence-electron chi connectivity index (χ4n) is 6.53. The molecule has 0 bridgehead atoms. The second-order valence-electron chi connectivity index (χ2n) is 12.3. The van der Waals surface area contributed by atoms with Crippen molar-refractivity contribution >= 4 is 35.1 Å². The van der Waals surface area contributed by atoms with E-state index in [9.17, 15) is 9.59 Å². The lowest BCUT2D eigenvalue weighted by Crippen LogP contribution is -2.54. The van der Waals surface area contributed by atoms with Gasteiger partial charge < -0.3 is 19.9 Å². The van der Waals surface area contributed by atoms with Crippen LogP contribution in [0.2, 0.25) is 10.0 Å². The van der Waals surface area contributed by atoms with Gasteiger partial charge in [0.15, 0.2) is 0 Å². The highest BCUT2D eigenvalue weighted by Gasteiger charge is 2.33. The number of halogens is 2. The quantitative estimate of drug-likeness (QED) is 0.345. The standard InChI is InChI=1S/C33H45Cl2N5O3/c1-3-27(22-38-12-4-5-13-38)43-31-28(18-23(2)21-36-31)24-10-16-39(17-11-24)32(41)30(37-33(42)40-14-6-7-15-40)19-25-8-9-26(34)20-29(25)35/h8-9,18,20-21,24,27,30H,3-7,10-17,19,22H2,1-2H3,(H,37,42)/t27-,30+/m0/s1. The molecule has 1 aromatic heterocycles. The SMILES string of the molecule is CC[C@@H](CN1CCCC1)Oc1ncc(C)cc1C1CCN(C(=O)[C@@H](Cc2ccc(Cl)cc2Cl)NC(=O)N2CCCC2)CC1. The molecule has 2 aromatic rings. The molecule has 3 aliphatic rings. The predicted molar refractivity (Wildman–Crippen MR) is 171 cm³/mol. The Morgan fingerprint density at radius 1 is 1.00 bits per heavy atom. The van der Waals surface area contributed by atoms with Gasteiger partial charge in [-0.2, -0.15) is 0 Å². The van der Waals surface area contributed by atoms with Gasteiger partial charge in [0, 0.05) is 61.0 Å². The molecular formula is C33H45Cl2N5O3. The number of likely N-dealkylation sites (tertiary alicyclic amines) is 3. The number of carbonyl (C=O) groups is 2. The third-order valence-corrected chi connectivity index (χ3v) is 9.67. The molecule has 0 spiro atoms. The first kappa shape index (κ1) is 31.9. The van der Waals surface area contributed by atoms with E-state index >= 15 is 0 Å². The first-order valence-corrected chi connectivity index (χ1v) is 16.7. The zero-order chi connectivity index (χ0) is 30.3. The fraction of sp³-hybridized carbons (Fsp3) is 0.606. The summed E-state index contributed by atoms with van der Waals surface area (Å²) in [4.78, 5) is 37.9. The monoisotopic (exact) mass is 629 g/mol. The normalized spacial score (nSPS) is 19.4. The van der Waals surface area contributed by atoms with Crippen LogP contribution < -0.4 is 10.1 Å². The minimum absolute atomic E-state index is 0.0764. The maximum atomic E-state index is 13.9. The van der Waals surface area contributed by atoms with E-state index in [2.05, 4.69) is 30.1 Å². The minimum Gasteiger partial charge on any atom is -0.473 e. The third-order valence-electron chi connectivity index (χ3n) is 9.08. The molecular weight excluding hydrogens is 585 g/mol. The van der Waals surface area contributed by atoms with Gasteiger partial charge in [0.1, 0.15) is 12.1 Å². The van der Waals surface area contributed by atoms with E-state index < -0.39 is 6.04 Å². The highest BCUT2D eigenvalue weighted by atomic mass is 35.5. The van der Waals surface area contributed by atoms with Gasteiger partial charge in [-0.25, -0.2) is 9.78 Å². The Balaban J connectivity index is 1.26. The van der Waals surface area contributed by atoms with Crippen LogP contribution in [0.15, 0.2) is 30.5 Å². The smallest absolute Gasteiger partial charge is 0.318 e. The number of hydrogen-bond acceptors (Lipinski definition) is 5. The summed E-state index contributed by atoms with van der Waals surface area (Å²) in [5.74, 6) is 0.904. The van der Waals surface area contributed by atoms with Crippen LogP contribution in [0.3, 0.4) is 0 Å². The molecule has 3 aliphatic heterocycles. The predicted octanol–water partition coefficient (Wildman–Crippen LogP) is 6.07. The topological polar surface area (TPSA) is 78.0 Å². The highest BCUT2D eigenvalue weighted by molar-refractivity contribution is 6.35. The van der Waals surface area contributed by atoms with Crippen molar-refractivity contribution in [2.24, 2.45) is 0 Å². The van der Waals surface area contributed by atoms with Crippen molar-refractivity contribution < 1.29 is 14.3 Å². The van der Waals surface area contributed by atoms with Crippen molar-refractivity contribution in [1.29, 1.82) is 0 Å². The zero-order valence-corrected chi connectivity index (χ0v) is 27.0. The number of piperidine rings is 1. The van der Waals surface area contributed by atoms with Gasteiger partial charge in [-0.15, -0.1) is 0 Å². The van der Waals surface area contributed by atoms with Crippen molar-refractivity contribution in [1.82, 2.24) is 25.0 Å². The Labute approximate surface area is 266 Å². The maximum absolute atomic E-state index is 13.9. The summed E-state index contributed by atoms with van der Waals surface area (Å²) in [7, 11) is 0. The number of benzene rings is 1. The van der Waals surface area contributed by atoms with Crippen LogP contribution >= 0.6 is 23.2 Å². The number of amides is 3. The lowest BCUT2D eigenvalue weighted by molar-refractivity contribution is -0.134. The summed E-state index contributed by atoms with van der Waals surface area (Å²) >= 11 is 12.6. The van der Waals surface area contributed by atoms with Gasteiger partial charge in [0.05, 0.1) is 0 Å². The fourth-order valence-corrected chi connectivity index (χ4v) is 7.02. The number of urea groups is 1. The van der Waals surface area contributed by atoms with E-state index in [-0.39, 0.29) is 24.0 Å². The summed E-state index contributed by atoms with van der Waals surface area (Å²) in [5.41, 5.74) is 3.03. The van der Waals surface area contributed by atoms with Crippen LogP contribution in [0.25, 0.3) is 0 Å². The minimum atomic E-state index is -0.709. The lowest BCUT2D eigenvalue weighted by Gasteiger charge is -2.35. The Kier molecular flexibility index (Phi) is 11.1. The third kappa shape index (κ3) is 8.34. The Morgan fingerprint density at radius 2 is 1.70 bits per heavy atom. The number of rotatable bonds is 10. The van der Waals surface area contributed by atoms with E-state index in [1.807, 2.05) is 17.2 Å². The Morgan fingerprint density at radius 3 is 2.37 bits per heavy atom. The first-order valence-electron chi connectivity index (χ1n) is 15.9. The molecule has 1 aromatic carbocycles. The second kappa shape index (κ2) is 15.0. The van der Waals surface area contributed by atoms with Gasteiger partial charge in [0.25, 0.3) is 0 Å². The molecule has 3 saturated heterocycles. The van der Waals surface area contributed by atoms with E-state index in [1.165, 1.54) is 12.8 Å². The molecule has 0 saturated carbocycles. The van der Waals surface area contributed by atoms with Gasteiger partial charge in [-0.1, -0.05) is 36.2 Å². The van der Waals surface area contributed by atoms with Gasteiger partial charge >= 0.3 is 6.03 Å². The number of aromatic nitrogens is 1. The van der Waals surface area contributed by atoms with Gasteiger partial charge in [-0.05, 0) is 100 Å². The number of nitrogens with one attached hydrogen (secondary N) is 1. The van der Waals surface area contributed by atoms with Crippen LogP contribution in [0.5, 0.6) is 5.88 Å². The molecule has 0 radical (unpaired) electrons. The lowest BCUT2D eigenvalue weighted by atomic mass is 9.89. The highest BCUT2D eigenvalue weighted by Crippen LogP contribution is 2.35. The van der Waals surface area contributed by atoms with Crippen molar-refractivity contribution in [2.75, 3.05) is 45.8 Å². The number of carbonyl (C=O) groups excluding carboxylic acids is 2. The van der Waals surface area contributed by atoms with Crippen molar-refractivity contribution in [3.05, 3.63) is 57.2 Å². The summed E-state index contributed by atoms with van der Waals surface area (Å²) in [6, 6.07) is 6.58. The van der Waals surface area contributed by atoms with E-state index in [0.717, 1.165) is 74.3 Å². The molecule has 2 atom stereocenters. The molecule has 3 amide bonds. The van der Waals surface area contributed by atoms with Crippen LogP contribution in [-0.4, -0.2) is 89.6 Å². The zero-order valence-electron chi connectivity index (χ0n) is 25.5. The maximum Gasteiger partial charge on any atom is 0.318 e. The van der Waals surface area contributed by atoms with Gasteiger partial charge in [0.2, 0.25) is 11.8 Å². The molecule has 10 heteroatoms. The molecule has 8 nitrogen and oxygen atoms in total. The summed E-state index contributed by atoms with van der Waals surface area (Å²) in [5, 5.41) is 4.07. The van der Waals surface area contributed by atoms with Crippen LogP contribution in [0.4, 0.5) is 4.79 Å². The van der Waals surface area contributed by atoms with Crippen molar-refractivity contribution in [2.45, 2.75) is 83.3 Å². The number of ether oxygens (including phenoxy) is 1. The largest absolute Gasteiger partial charge is 0.473 e. The molecule has 1 N–H and O–H groups in total. The van der Waals surface area contributed by atoms with Crippen LogP contribution in [-0.2, 0) is 11.2 Å². The van der Waals surface area contributed by atoms with E-state index in [4.69, 9.17) is 32.9 Å². The van der Waals surface area contributed by atoms with Gasteiger partial charge in [-0.3, -0.25) is 9.69 Å². The number of nitrogens with zero attached hydrogens (tertiary/aromatic N) is 4. The molecule has 5 rings (SSSR count). The molecule has 4 heterocycles. The van der Waals surface area contributed by atoms with Crippen molar-refractivity contribution in [3.8, 4) is 5.88 Å². The average Bonchev–Trinajstić information content (AvgIpc) is 3.73. The number of pyridine rings is 1. The van der Waals surface area contributed by atoms with Crippen molar-refractivity contribution in [3.63, 3.8) is 0 Å². The second-order valence-corrected chi connectivity index (χ2v) is 13.1. The summed E-state index contributed by atoms with van der Waals surface area (Å²) in [6.45, 7) is 10.1. The molecule has 0 unspecified atom stereocenters. The molecule has 3 fully saturated rings. The first-order chi connectivity index (χ1) is 20.8. The van der Waals surface area contributed by atoms with Crippen LogP contribution in [0.1, 0.15) is 74.5 Å². The van der Waals surface area contributed by atoms with E-state index in [1.54, 1.807) is 17.0 Å². The number of hydrogen-bond donors (Lipinski definition) is 1.